The maximum absolute atomic E-state index is 11.9. The highest BCUT2D eigenvalue weighted by molar-refractivity contribution is 7.89. The molecule has 0 saturated heterocycles. The van der Waals surface area contributed by atoms with E-state index in [-0.39, 0.29) is 18.0 Å². The quantitative estimate of drug-likeness (QED) is 0.462. The predicted molar refractivity (Wildman–Crippen MR) is 75.9 cm³/mol. The number of sulfonamides is 1. The Hall–Kier alpha value is -1.90. The van der Waals surface area contributed by atoms with E-state index in [9.17, 15) is 18.3 Å². The molecule has 0 amide bonds. The first-order valence-corrected chi connectivity index (χ1v) is 7.61. The number of phenols is 1. The van der Waals surface area contributed by atoms with Crippen LogP contribution in [0.15, 0.2) is 35.7 Å². The molecule has 0 bridgehead atoms. The number of hydrogen-bond acceptors (Lipinski definition) is 5. The normalized spacial score (nSPS) is 11.2. The van der Waals surface area contributed by atoms with Gasteiger partial charge >= 0.3 is 5.97 Å². The minimum absolute atomic E-state index is 0.0583. The van der Waals surface area contributed by atoms with Crippen molar-refractivity contribution in [2.24, 2.45) is 0 Å². The number of aromatic hydroxyl groups is 1. The summed E-state index contributed by atoms with van der Waals surface area (Å²) in [6.07, 6.45) is 2.36. The lowest BCUT2D eigenvalue weighted by molar-refractivity contribution is 0.0693. The average molecular weight is 315 g/mol. The van der Waals surface area contributed by atoms with E-state index < -0.39 is 27.3 Å². The topological polar surface area (TPSA) is 113 Å². The first-order valence-electron chi connectivity index (χ1n) is 6.13. The number of hydrogen-bond donors (Lipinski definition) is 3. The number of ether oxygens (including phenoxy) is 1. The molecule has 0 spiro atoms. The van der Waals surface area contributed by atoms with Gasteiger partial charge < -0.3 is 14.9 Å². The number of aromatic carboxylic acids is 1. The lowest BCUT2D eigenvalue weighted by Crippen LogP contribution is -2.27. The van der Waals surface area contributed by atoms with E-state index in [1.807, 2.05) is 0 Å². The first kappa shape index (κ1) is 17.2. The van der Waals surface area contributed by atoms with Crippen LogP contribution in [-0.4, -0.2) is 44.4 Å². The molecule has 0 fully saturated rings. The van der Waals surface area contributed by atoms with Crippen LogP contribution in [0, 0.1) is 0 Å². The van der Waals surface area contributed by atoms with E-state index in [0.29, 0.717) is 13.0 Å². The monoisotopic (exact) mass is 315 g/mol. The molecule has 1 rings (SSSR count). The van der Waals surface area contributed by atoms with Crippen molar-refractivity contribution in [3.05, 3.63) is 36.4 Å². The number of carboxylic acids is 1. The molecule has 0 aliphatic carbocycles. The van der Waals surface area contributed by atoms with Crippen molar-refractivity contribution >= 4 is 16.0 Å². The molecular formula is C13H17NO6S. The third-order valence-electron chi connectivity index (χ3n) is 2.51. The molecule has 1 aromatic carbocycles. The van der Waals surface area contributed by atoms with Crippen LogP contribution in [0.2, 0.25) is 0 Å². The summed E-state index contributed by atoms with van der Waals surface area (Å²) in [4.78, 5) is 10.6. The van der Waals surface area contributed by atoms with E-state index in [1.54, 1.807) is 6.08 Å². The highest BCUT2D eigenvalue weighted by Crippen LogP contribution is 2.21. The van der Waals surface area contributed by atoms with Crippen LogP contribution >= 0.6 is 0 Å². The third kappa shape index (κ3) is 5.18. The smallest absolute Gasteiger partial charge is 0.339 e. The van der Waals surface area contributed by atoms with Crippen LogP contribution in [-0.2, 0) is 14.8 Å². The van der Waals surface area contributed by atoms with Crippen LogP contribution < -0.4 is 4.72 Å². The molecule has 0 saturated carbocycles. The summed E-state index contributed by atoms with van der Waals surface area (Å²) in [5.74, 6) is -1.90. The molecule has 0 radical (unpaired) electrons. The summed E-state index contributed by atoms with van der Waals surface area (Å²) in [7, 11) is -3.85. The van der Waals surface area contributed by atoms with E-state index >= 15 is 0 Å². The molecule has 116 valence electrons. The molecule has 0 unspecified atom stereocenters. The second kappa shape index (κ2) is 7.77. The van der Waals surface area contributed by atoms with Crippen molar-refractivity contribution < 1.29 is 28.2 Å². The van der Waals surface area contributed by atoms with Crippen LogP contribution in [0.5, 0.6) is 5.75 Å². The Kier molecular flexibility index (Phi) is 6.35. The fourth-order valence-corrected chi connectivity index (χ4v) is 2.49. The molecule has 0 heterocycles. The second-order valence-electron chi connectivity index (χ2n) is 4.07. The molecule has 0 atom stereocenters. The highest BCUT2D eigenvalue weighted by Gasteiger charge is 2.18. The largest absolute Gasteiger partial charge is 0.507 e. The molecular weight excluding hydrogens is 298 g/mol. The zero-order chi connectivity index (χ0) is 15.9. The van der Waals surface area contributed by atoms with Gasteiger partial charge in [0.25, 0.3) is 0 Å². The van der Waals surface area contributed by atoms with Crippen molar-refractivity contribution in [1.29, 1.82) is 0 Å². The number of carboxylic acid groups (broad SMARTS) is 1. The van der Waals surface area contributed by atoms with Crippen LogP contribution in [0.4, 0.5) is 0 Å². The Morgan fingerprint density at radius 3 is 2.71 bits per heavy atom. The Bertz CT molecular complexity index is 611. The molecule has 3 N–H and O–H groups in total. The van der Waals surface area contributed by atoms with Crippen LogP contribution in [0.3, 0.4) is 0 Å². The van der Waals surface area contributed by atoms with Crippen LogP contribution in [0.1, 0.15) is 16.8 Å². The van der Waals surface area contributed by atoms with Gasteiger partial charge in [-0.15, -0.1) is 6.58 Å². The minimum atomic E-state index is -3.85. The predicted octanol–water partition coefficient (Wildman–Crippen LogP) is 0.961. The summed E-state index contributed by atoms with van der Waals surface area (Å²) < 4.78 is 31.3. The van der Waals surface area contributed by atoms with Gasteiger partial charge in [0.05, 0.1) is 18.1 Å². The molecule has 0 aliphatic rings. The number of nitrogens with one attached hydrogen (secondary N) is 1. The van der Waals surface area contributed by atoms with Crippen LogP contribution in [0.25, 0.3) is 0 Å². The molecule has 0 aliphatic heterocycles. The Labute approximate surface area is 122 Å². The SMILES string of the molecule is C=CCCOCCNS(=O)(=O)c1ccc(O)c(C(=O)O)c1. The maximum Gasteiger partial charge on any atom is 0.339 e. The summed E-state index contributed by atoms with van der Waals surface area (Å²) in [5.41, 5.74) is -0.472. The summed E-state index contributed by atoms with van der Waals surface area (Å²) >= 11 is 0. The van der Waals surface area contributed by atoms with Crippen molar-refractivity contribution in [3.63, 3.8) is 0 Å². The summed E-state index contributed by atoms with van der Waals surface area (Å²) in [6, 6.07) is 3.06. The van der Waals surface area contributed by atoms with E-state index in [1.165, 1.54) is 0 Å². The van der Waals surface area contributed by atoms with Crippen molar-refractivity contribution in [3.8, 4) is 5.75 Å². The molecule has 0 aromatic heterocycles. The lowest BCUT2D eigenvalue weighted by Gasteiger charge is -2.08. The van der Waals surface area contributed by atoms with Crippen molar-refractivity contribution in [2.45, 2.75) is 11.3 Å². The minimum Gasteiger partial charge on any atom is -0.507 e. The van der Waals surface area contributed by atoms with Crippen molar-refractivity contribution in [2.75, 3.05) is 19.8 Å². The van der Waals surface area contributed by atoms with E-state index in [0.717, 1.165) is 18.2 Å². The molecule has 1 aromatic rings. The maximum atomic E-state index is 11.9. The zero-order valence-electron chi connectivity index (χ0n) is 11.3. The lowest BCUT2D eigenvalue weighted by atomic mass is 10.2. The fraction of sp³-hybridized carbons (Fsp3) is 0.308. The number of benzene rings is 1. The number of rotatable bonds is 9. The van der Waals surface area contributed by atoms with Gasteiger partial charge in [0.15, 0.2) is 0 Å². The van der Waals surface area contributed by atoms with Gasteiger partial charge in [-0.05, 0) is 24.6 Å². The van der Waals surface area contributed by atoms with Gasteiger partial charge in [-0.1, -0.05) is 6.08 Å². The zero-order valence-corrected chi connectivity index (χ0v) is 12.1. The standard InChI is InChI=1S/C13H17NO6S/c1-2-3-7-20-8-6-14-21(18,19)10-4-5-12(15)11(9-10)13(16)17/h2,4-5,9,14-15H,1,3,6-8H2,(H,16,17). The Morgan fingerprint density at radius 1 is 1.38 bits per heavy atom. The second-order valence-corrected chi connectivity index (χ2v) is 5.84. The van der Waals surface area contributed by atoms with E-state index in [4.69, 9.17) is 9.84 Å². The summed E-state index contributed by atoms with van der Waals surface area (Å²) in [6.45, 7) is 4.23. The summed E-state index contributed by atoms with van der Waals surface area (Å²) in [5, 5.41) is 18.2. The van der Waals surface area contributed by atoms with Gasteiger partial charge in [-0.2, -0.15) is 0 Å². The van der Waals surface area contributed by atoms with Gasteiger partial charge in [0.2, 0.25) is 10.0 Å². The molecule has 8 heteroatoms. The van der Waals surface area contributed by atoms with Gasteiger partial charge in [-0.25, -0.2) is 17.9 Å². The Morgan fingerprint density at radius 2 is 2.10 bits per heavy atom. The number of carbonyl (C=O) groups is 1. The molecule has 7 nitrogen and oxygen atoms in total. The molecule has 21 heavy (non-hydrogen) atoms. The van der Waals surface area contributed by atoms with Gasteiger partial charge in [-0.3, -0.25) is 0 Å². The Balaban J connectivity index is 2.68. The van der Waals surface area contributed by atoms with E-state index in [2.05, 4.69) is 11.3 Å². The average Bonchev–Trinajstić information content (AvgIpc) is 2.42. The highest BCUT2D eigenvalue weighted by atomic mass is 32.2. The first-order chi connectivity index (χ1) is 9.88. The third-order valence-corrected chi connectivity index (χ3v) is 3.97. The fourth-order valence-electron chi connectivity index (χ4n) is 1.45. The van der Waals surface area contributed by atoms with Gasteiger partial charge in [0.1, 0.15) is 11.3 Å². The van der Waals surface area contributed by atoms with Gasteiger partial charge in [0, 0.05) is 6.54 Å². The van der Waals surface area contributed by atoms with Crippen molar-refractivity contribution in [1.82, 2.24) is 4.72 Å².